The van der Waals surface area contributed by atoms with Crippen molar-refractivity contribution in [1.82, 2.24) is 0 Å². The first-order valence-corrected chi connectivity index (χ1v) is 7.96. The van der Waals surface area contributed by atoms with Crippen molar-refractivity contribution in [3.05, 3.63) is 12.2 Å². The van der Waals surface area contributed by atoms with Crippen LogP contribution in [-0.2, 0) is 14.2 Å². The van der Waals surface area contributed by atoms with Crippen molar-refractivity contribution >= 4 is 23.2 Å². The SMILES string of the molecule is ClC[C@@H](Cl)COC[C@H]1CO[C@@H]([C@@H]2C[C@H]3C=C[C@@H]2C3)O1. The van der Waals surface area contributed by atoms with Gasteiger partial charge in [-0.1, -0.05) is 12.2 Å². The largest absolute Gasteiger partial charge is 0.377 e. The van der Waals surface area contributed by atoms with E-state index in [-0.39, 0.29) is 17.8 Å². The summed E-state index contributed by atoms with van der Waals surface area (Å²) in [6, 6.07) is 0. The minimum absolute atomic E-state index is 0.0345. The Morgan fingerprint density at radius 2 is 2.21 bits per heavy atom. The molecule has 1 heterocycles. The van der Waals surface area contributed by atoms with Crippen LogP contribution in [0.4, 0.5) is 0 Å². The van der Waals surface area contributed by atoms with Gasteiger partial charge in [0.15, 0.2) is 6.29 Å². The molecule has 0 aromatic heterocycles. The van der Waals surface area contributed by atoms with Gasteiger partial charge in [-0.2, -0.15) is 0 Å². The summed E-state index contributed by atoms with van der Waals surface area (Å²) >= 11 is 11.5. The monoisotopic (exact) mass is 306 g/mol. The third-order valence-corrected chi connectivity index (χ3v) is 5.03. The van der Waals surface area contributed by atoms with Crippen molar-refractivity contribution in [2.24, 2.45) is 17.8 Å². The van der Waals surface area contributed by atoms with E-state index < -0.39 is 0 Å². The van der Waals surface area contributed by atoms with Gasteiger partial charge in [-0.15, -0.1) is 23.2 Å². The number of hydrogen-bond acceptors (Lipinski definition) is 3. The van der Waals surface area contributed by atoms with Crippen molar-refractivity contribution in [2.75, 3.05) is 25.7 Å². The molecule has 0 N–H and O–H groups in total. The second-order valence-corrected chi connectivity index (χ2v) is 6.62. The number of fused-ring (bicyclic) bond motifs is 2. The highest BCUT2D eigenvalue weighted by atomic mass is 35.5. The quantitative estimate of drug-likeness (QED) is 0.558. The maximum Gasteiger partial charge on any atom is 0.161 e. The fourth-order valence-electron chi connectivity index (χ4n) is 3.29. The van der Waals surface area contributed by atoms with E-state index in [0.717, 1.165) is 5.92 Å². The van der Waals surface area contributed by atoms with Crippen LogP contribution in [0.1, 0.15) is 12.8 Å². The van der Waals surface area contributed by atoms with Crippen LogP contribution in [-0.4, -0.2) is 43.5 Å². The van der Waals surface area contributed by atoms with Crippen molar-refractivity contribution < 1.29 is 14.2 Å². The third-order valence-electron chi connectivity index (χ3n) is 4.22. The summed E-state index contributed by atoms with van der Waals surface area (Å²) in [6.07, 6.45) is 7.13. The number of rotatable bonds is 6. The van der Waals surface area contributed by atoms with E-state index in [0.29, 0.717) is 37.5 Å². The molecule has 1 aliphatic heterocycles. The van der Waals surface area contributed by atoms with Crippen LogP contribution in [0.3, 0.4) is 0 Å². The number of alkyl halides is 2. The highest BCUT2D eigenvalue weighted by molar-refractivity contribution is 6.28. The molecule has 2 fully saturated rings. The highest BCUT2D eigenvalue weighted by Crippen LogP contribution is 2.46. The lowest BCUT2D eigenvalue weighted by Gasteiger charge is -2.23. The Hall–Kier alpha value is 0.200. The summed E-state index contributed by atoms with van der Waals surface area (Å²) in [4.78, 5) is 0. The van der Waals surface area contributed by atoms with Gasteiger partial charge in [0.05, 0.1) is 25.2 Å². The molecule has 0 aromatic rings. The molecule has 2 aliphatic carbocycles. The molecule has 1 saturated carbocycles. The maximum atomic E-state index is 5.96. The predicted octanol–water partition coefficient (Wildman–Crippen LogP) is 2.80. The molecule has 3 rings (SSSR count). The molecule has 0 unspecified atom stereocenters. The molecule has 0 aromatic carbocycles. The average molecular weight is 307 g/mol. The van der Waals surface area contributed by atoms with Crippen LogP contribution >= 0.6 is 23.2 Å². The summed E-state index contributed by atoms with van der Waals surface area (Å²) in [7, 11) is 0. The number of allylic oxidation sites excluding steroid dienone is 2. The van der Waals surface area contributed by atoms with Gasteiger partial charge in [0.1, 0.15) is 6.10 Å². The van der Waals surface area contributed by atoms with Crippen LogP contribution in [0.5, 0.6) is 0 Å². The molecule has 108 valence electrons. The van der Waals surface area contributed by atoms with Crippen LogP contribution in [0.25, 0.3) is 0 Å². The Labute approximate surface area is 124 Å². The second-order valence-electron chi connectivity index (χ2n) is 5.69. The molecule has 19 heavy (non-hydrogen) atoms. The first-order chi connectivity index (χ1) is 9.26. The molecule has 3 nitrogen and oxygen atoms in total. The standard InChI is InChI=1S/C14H20Cl2O3/c15-5-11(16)6-17-7-12-8-18-14(19-12)13-4-9-1-2-10(13)3-9/h1-2,9-14H,3-8H2/t9-,10+,11+,12-,13+,14+/m0/s1. The van der Waals surface area contributed by atoms with E-state index in [9.17, 15) is 0 Å². The first-order valence-electron chi connectivity index (χ1n) is 6.99. The maximum absolute atomic E-state index is 5.96. The van der Waals surface area contributed by atoms with Crippen LogP contribution < -0.4 is 0 Å². The molecule has 2 bridgehead atoms. The number of halogens is 2. The van der Waals surface area contributed by atoms with Gasteiger partial charge >= 0.3 is 0 Å². The Morgan fingerprint density at radius 1 is 1.32 bits per heavy atom. The van der Waals surface area contributed by atoms with Gasteiger partial charge in [0, 0.05) is 11.8 Å². The number of hydrogen-bond donors (Lipinski definition) is 0. The van der Waals surface area contributed by atoms with Gasteiger partial charge in [-0.05, 0) is 24.7 Å². The fraction of sp³-hybridized carbons (Fsp3) is 0.857. The Morgan fingerprint density at radius 3 is 2.89 bits per heavy atom. The van der Waals surface area contributed by atoms with Crippen molar-refractivity contribution in [3.63, 3.8) is 0 Å². The van der Waals surface area contributed by atoms with Crippen LogP contribution in [0, 0.1) is 17.8 Å². The Bertz CT molecular complexity index is 337. The zero-order chi connectivity index (χ0) is 13.2. The van der Waals surface area contributed by atoms with E-state index in [1.807, 2.05) is 0 Å². The molecule has 0 radical (unpaired) electrons. The van der Waals surface area contributed by atoms with Crippen molar-refractivity contribution in [3.8, 4) is 0 Å². The van der Waals surface area contributed by atoms with E-state index >= 15 is 0 Å². The lowest BCUT2D eigenvalue weighted by atomic mass is 9.93. The second kappa shape index (κ2) is 6.31. The topological polar surface area (TPSA) is 27.7 Å². The molecule has 0 amide bonds. The molecular formula is C14H20Cl2O3. The van der Waals surface area contributed by atoms with Gasteiger partial charge < -0.3 is 14.2 Å². The van der Waals surface area contributed by atoms with E-state index in [4.69, 9.17) is 37.4 Å². The highest BCUT2D eigenvalue weighted by Gasteiger charge is 2.44. The van der Waals surface area contributed by atoms with Gasteiger partial charge in [0.25, 0.3) is 0 Å². The predicted molar refractivity (Wildman–Crippen MR) is 74.6 cm³/mol. The van der Waals surface area contributed by atoms with Gasteiger partial charge in [-0.25, -0.2) is 0 Å². The van der Waals surface area contributed by atoms with Crippen LogP contribution in [0.2, 0.25) is 0 Å². The van der Waals surface area contributed by atoms with Crippen LogP contribution in [0.15, 0.2) is 12.2 Å². The van der Waals surface area contributed by atoms with E-state index in [2.05, 4.69) is 12.2 Å². The number of ether oxygens (including phenoxy) is 3. The molecule has 6 atom stereocenters. The summed E-state index contributed by atoms with van der Waals surface area (Å²) < 4.78 is 17.3. The zero-order valence-electron chi connectivity index (χ0n) is 10.8. The Balaban J connectivity index is 1.40. The van der Waals surface area contributed by atoms with E-state index in [1.54, 1.807) is 0 Å². The molecule has 5 heteroatoms. The average Bonchev–Trinajstić information content (AvgIpc) is 3.13. The zero-order valence-corrected chi connectivity index (χ0v) is 12.4. The van der Waals surface area contributed by atoms with Gasteiger partial charge in [-0.3, -0.25) is 0 Å². The summed E-state index contributed by atoms with van der Waals surface area (Å²) in [5.74, 6) is 2.34. The van der Waals surface area contributed by atoms with Crippen molar-refractivity contribution in [1.29, 1.82) is 0 Å². The molecule has 0 spiro atoms. The molecule has 3 aliphatic rings. The summed E-state index contributed by atoms with van der Waals surface area (Å²) in [6.45, 7) is 1.62. The van der Waals surface area contributed by atoms with Crippen molar-refractivity contribution in [2.45, 2.75) is 30.6 Å². The third kappa shape index (κ3) is 3.27. The Kier molecular flexibility index (Phi) is 4.70. The minimum Gasteiger partial charge on any atom is -0.377 e. The fourth-order valence-corrected chi connectivity index (χ4v) is 3.47. The summed E-state index contributed by atoms with van der Waals surface area (Å²) in [5.41, 5.74) is 0. The van der Waals surface area contributed by atoms with Gasteiger partial charge in [0.2, 0.25) is 0 Å². The smallest absolute Gasteiger partial charge is 0.161 e. The lowest BCUT2D eigenvalue weighted by Crippen LogP contribution is -2.27. The summed E-state index contributed by atoms with van der Waals surface area (Å²) in [5, 5.41) is -0.129. The first kappa shape index (κ1) is 14.2. The lowest BCUT2D eigenvalue weighted by molar-refractivity contribution is -0.111. The minimum atomic E-state index is -0.129. The molecule has 1 saturated heterocycles. The normalized spacial score (nSPS) is 42.1. The molecular weight excluding hydrogens is 287 g/mol. The van der Waals surface area contributed by atoms with E-state index in [1.165, 1.54) is 12.8 Å².